The molecule has 2 aromatic rings. The summed E-state index contributed by atoms with van der Waals surface area (Å²) in [4.78, 5) is 20.4. The number of aryl methyl sites for hydroxylation is 1. The SMILES string of the molecule is O=C(CCc1cscn1)NC1(c2ncn[nH]2)CCC1. The first-order valence-corrected chi connectivity index (χ1v) is 7.27. The van der Waals surface area contributed by atoms with Gasteiger partial charge in [-0.3, -0.25) is 9.89 Å². The van der Waals surface area contributed by atoms with Crippen molar-refractivity contribution in [1.82, 2.24) is 25.5 Å². The largest absolute Gasteiger partial charge is 0.343 e. The third-order valence-electron chi connectivity index (χ3n) is 3.55. The van der Waals surface area contributed by atoms with E-state index < -0.39 is 0 Å². The van der Waals surface area contributed by atoms with Crippen LogP contribution in [-0.2, 0) is 16.8 Å². The van der Waals surface area contributed by atoms with Crippen LogP contribution in [0.4, 0.5) is 0 Å². The summed E-state index contributed by atoms with van der Waals surface area (Å²) in [5, 5.41) is 11.8. The molecule has 2 N–H and O–H groups in total. The van der Waals surface area contributed by atoms with Gasteiger partial charge in [0.1, 0.15) is 12.2 Å². The van der Waals surface area contributed by atoms with Gasteiger partial charge < -0.3 is 5.32 Å². The first kappa shape index (κ1) is 12.3. The Hall–Kier alpha value is -1.76. The molecule has 0 bridgehead atoms. The van der Waals surface area contributed by atoms with E-state index in [1.165, 1.54) is 6.33 Å². The van der Waals surface area contributed by atoms with Gasteiger partial charge in [0.2, 0.25) is 5.91 Å². The van der Waals surface area contributed by atoms with Gasteiger partial charge in [-0.1, -0.05) is 0 Å². The van der Waals surface area contributed by atoms with E-state index in [-0.39, 0.29) is 11.4 Å². The number of aromatic nitrogens is 4. The predicted octanol–water partition coefficient (Wildman–Crippen LogP) is 1.39. The quantitative estimate of drug-likeness (QED) is 0.865. The second kappa shape index (κ2) is 5.08. The summed E-state index contributed by atoms with van der Waals surface area (Å²) in [5.74, 6) is 0.810. The normalized spacial score (nSPS) is 16.8. The lowest BCUT2D eigenvalue weighted by atomic mass is 9.76. The third kappa shape index (κ3) is 2.51. The van der Waals surface area contributed by atoms with E-state index in [0.29, 0.717) is 12.8 Å². The van der Waals surface area contributed by atoms with Gasteiger partial charge in [-0.15, -0.1) is 11.3 Å². The van der Waals surface area contributed by atoms with Crippen LogP contribution in [0.1, 0.15) is 37.2 Å². The molecule has 0 aliphatic heterocycles. The average Bonchev–Trinajstić information content (AvgIpc) is 3.03. The summed E-state index contributed by atoms with van der Waals surface area (Å²) in [6, 6.07) is 0. The van der Waals surface area contributed by atoms with E-state index in [1.807, 2.05) is 5.38 Å². The average molecular weight is 277 g/mol. The van der Waals surface area contributed by atoms with E-state index in [2.05, 4.69) is 25.5 Å². The van der Waals surface area contributed by atoms with Crippen LogP contribution in [-0.4, -0.2) is 26.1 Å². The highest BCUT2D eigenvalue weighted by atomic mass is 32.1. The Morgan fingerprint density at radius 2 is 2.37 bits per heavy atom. The fourth-order valence-corrected chi connectivity index (χ4v) is 2.91. The molecule has 6 nitrogen and oxygen atoms in total. The molecule has 1 saturated carbocycles. The summed E-state index contributed by atoms with van der Waals surface area (Å²) in [6.07, 6.45) is 5.57. The number of carbonyl (C=O) groups excluding carboxylic acids is 1. The standard InChI is InChI=1S/C12H15N5OS/c18-10(3-2-9-6-19-8-14-9)16-12(4-1-5-12)11-13-7-15-17-11/h6-8H,1-5H2,(H,16,18)(H,13,15,17). The van der Waals surface area contributed by atoms with Crippen LogP contribution in [0, 0.1) is 0 Å². The lowest BCUT2D eigenvalue weighted by Gasteiger charge is -2.40. The van der Waals surface area contributed by atoms with Gasteiger partial charge in [-0.05, 0) is 25.7 Å². The van der Waals surface area contributed by atoms with Crippen molar-refractivity contribution in [3.05, 3.63) is 28.7 Å². The van der Waals surface area contributed by atoms with E-state index in [4.69, 9.17) is 0 Å². The Balaban J connectivity index is 1.59. The lowest BCUT2D eigenvalue weighted by molar-refractivity contribution is -0.124. The van der Waals surface area contributed by atoms with Crippen molar-refractivity contribution in [2.75, 3.05) is 0 Å². The highest BCUT2D eigenvalue weighted by molar-refractivity contribution is 7.07. The minimum absolute atomic E-state index is 0.0455. The van der Waals surface area contributed by atoms with E-state index in [0.717, 1.165) is 30.8 Å². The van der Waals surface area contributed by atoms with Gasteiger partial charge in [0.05, 0.1) is 16.7 Å². The molecule has 2 heterocycles. The molecule has 100 valence electrons. The number of rotatable bonds is 5. The van der Waals surface area contributed by atoms with Crippen molar-refractivity contribution in [1.29, 1.82) is 0 Å². The monoisotopic (exact) mass is 277 g/mol. The van der Waals surface area contributed by atoms with Gasteiger partial charge in [0, 0.05) is 11.8 Å². The van der Waals surface area contributed by atoms with Gasteiger partial charge in [-0.25, -0.2) is 9.97 Å². The van der Waals surface area contributed by atoms with E-state index >= 15 is 0 Å². The number of amides is 1. The number of carbonyl (C=O) groups is 1. The number of aromatic amines is 1. The number of H-pyrrole nitrogens is 1. The minimum Gasteiger partial charge on any atom is -0.343 e. The first-order chi connectivity index (χ1) is 9.28. The first-order valence-electron chi connectivity index (χ1n) is 6.32. The Labute approximate surface area is 114 Å². The van der Waals surface area contributed by atoms with E-state index in [9.17, 15) is 4.79 Å². The molecule has 2 aromatic heterocycles. The molecule has 1 aliphatic carbocycles. The number of hydrogen-bond acceptors (Lipinski definition) is 5. The second-order valence-electron chi connectivity index (χ2n) is 4.80. The molecule has 0 spiro atoms. The number of nitrogens with one attached hydrogen (secondary N) is 2. The maximum atomic E-state index is 12.0. The van der Waals surface area contributed by atoms with Crippen LogP contribution in [0.15, 0.2) is 17.2 Å². The third-order valence-corrected chi connectivity index (χ3v) is 4.18. The molecule has 19 heavy (non-hydrogen) atoms. The molecular formula is C12H15N5OS. The molecule has 0 radical (unpaired) electrons. The van der Waals surface area contributed by atoms with Gasteiger partial charge >= 0.3 is 0 Å². The van der Waals surface area contributed by atoms with Crippen LogP contribution < -0.4 is 5.32 Å². The molecule has 0 atom stereocenters. The maximum absolute atomic E-state index is 12.0. The molecule has 1 fully saturated rings. The zero-order valence-corrected chi connectivity index (χ0v) is 11.2. The molecule has 7 heteroatoms. The number of nitrogens with zero attached hydrogens (tertiary/aromatic N) is 3. The zero-order valence-electron chi connectivity index (χ0n) is 10.4. The topological polar surface area (TPSA) is 83.6 Å². The lowest BCUT2D eigenvalue weighted by Crippen LogP contribution is -2.51. The van der Waals surface area contributed by atoms with Crippen LogP contribution in [0.3, 0.4) is 0 Å². The predicted molar refractivity (Wildman–Crippen MR) is 70.5 cm³/mol. The molecular weight excluding hydrogens is 262 g/mol. The summed E-state index contributed by atoms with van der Waals surface area (Å²) in [6.45, 7) is 0. The molecule has 0 unspecified atom stereocenters. The van der Waals surface area contributed by atoms with Crippen LogP contribution in [0.5, 0.6) is 0 Å². The Morgan fingerprint density at radius 1 is 1.47 bits per heavy atom. The molecule has 0 aromatic carbocycles. The Bertz CT molecular complexity index is 532. The molecule has 1 amide bonds. The fraction of sp³-hybridized carbons (Fsp3) is 0.500. The van der Waals surface area contributed by atoms with Crippen molar-refractivity contribution in [2.24, 2.45) is 0 Å². The summed E-state index contributed by atoms with van der Waals surface area (Å²) < 4.78 is 0. The number of thiazole rings is 1. The van der Waals surface area contributed by atoms with Crippen molar-refractivity contribution in [3.8, 4) is 0 Å². The van der Waals surface area contributed by atoms with Crippen LogP contribution in [0.25, 0.3) is 0 Å². The van der Waals surface area contributed by atoms with Crippen molar-refractivity contribution < 1.29 is 4.79 Å². The number of hydrogen-bond donors (Lipinski definition) is 2. The molecule has 3 rings (SSSR count). The maximum Gasteiger partial charge on any atom is 0.221 e. The highest BCUT2D eigenvalue weighted by Gasteiger charge is 2.42. The smallest absolute Gasteiger partial charge is 0.221 e. The van der Waals surface area contributed by atoms with Crippen molar-refractivity contribution in [3.63, 3.8) is 0 Å². The minimum atomic E-state index is -0.324. The van der Waals surface area contributed by atoms with Crippen molar-refractivity contribution >= 4 is 17.2 Å². The summed E-state index contributed by atoms with van der Waals surface area (Å²) in [7, 11) is 0. The highest BCUT2D eigenvalue weighted by Crippen LogP contribution is 2.39. The zero-order chi connectivity index (χ0) is 13.1. The summed E-state index contributed by atoms with van der Waals surface area (Å²) >= 11 is 1.55. The molecule has 0 saturated heterocycles. The van der Waals surface area contributed by atoms with E-state index in [1.54, 1.807) is 16.8 Å². The van der Waals surface area contributed by atoms with Gasteiger partial charge in [-0.2, -0.15) is 5.10 Å². The molecule has 1 aliphatic rings. The Morgan fingerprint density at radius 3 is 2.95 bits per heavy atom. The van der Waals surface area contributed by atoms with Crippen molar-refractivity contribution in [2.45, 2.75) is 37.6 Å². The van der Waals surface area contributed by atoms with Crippen LogP contribution >= 0.6 is 11.3 Å². The fourth-order valence-electron chi connectivity index (χ4n) is 2.32. The van der Waals surface area contributed by atoms with Crippen LogP contribution in [0.2, 0.25) is 0 Å². The second-order valence-corrected chi connectivity index (χ2v) is 5.52. The van der Waals surface area contributed by atoms with Gasteiger partial charge in [0.15, 0.2) is 0 Å². The Kier molecular flexibility index (Phi) is 3.29. The summed E-state index contributed by atoms with van der Waals surface area (Å²) in [5.41, 5.74) is 2.44. The van der Waals surface area contributed by atoms with Gasteiger partial charge in [0.25, 0.3) is 0 Å².